The third-order valence-electron chi connectivity index (χ3n) is 5.79. The molecule has 132 valence electrons. The number of likely N-dealkylation sites (tertiary alicyclic amines) is 1. The molecule has 1 saturated heterocycles. The van der Waals surface area contributed by atoms with Crippen molar-refractivity contribution in [2.75, 3.05) is 13.1 Å². The standard InChI is InChI=1S/C22H25NO.ClH/c24-22-20-9-5-4-8-18(20)10-11-21(22)19-12-14-23(15-13-19)16-17-6-2-1-3-7-17;/h1-9,19,21H,10-16H2;1H. The topological polar surface area (TPSA) is 20.3 Å². The van der Waals surface area contributed by atoms with E-state index in [-0.39, 0.29) is 18.3 Å². The molecule has 0 N–H and O–H groups in total. The molecule has 0 bridgehead atoms. The van der Waals surface area contributed by atoms with Crippen LogP contribution in [-0.2, 0) is 13.0 Å². The van der Waals surface area contributed by atoms with E-state index in [1.807, 2.05) is 12.1 Å². The molecular formula is C22H26ClNO. The molecule has 1 fully saturated rings. The van der Waals surface area contributed by atoms with Crippen molar-refractivity contribution in [3.05, 3.63) is 71.3 Å². The van der Waals surface area contributed by atoms with Crippen molar-refractivity contribution in [3.8, 4) is 0 Å². The molecule has 2 aromatic rings. The number of benzene rings is 2. The molecule has 2 aromatic carbocycles. The smallest absolute Gasteiger partial charge is 0.166 e. The van der Waals surface area contributed by atoms with E-state index in [1.165, 1.54) is 11.1 Å². The molecule has 0 spiro atoms. The Labute approximate surface area is 156 Å². The zero-order valence-electron chi connectivity index (χ0n) is 14.6. The predicted octanol–water partition coefficient (Wildman–Crippen LogP) is 4.77. The minimum absolute atomic E-state index is 0. The second-order valence-corrected chi connectivity index (χ2v) is 7.27. The van der Waals surface area contributed by atoms with E-state index in [0.29, 0.717) is 11.7 Å². The van der Waals surface area contributed by atoms with Gasteiger partial charge in [0, 0.05) is 18.0 Å². The third-order valence-corrected chi connectivity index (χ3v) is 5.79. The molecule has 3 heteroatoms. The van der Waals surface area contributed by atoms with Crippen LogP contribution in [0.15, 0.2) is 54.6 Å². The van der Waals surface area contributed by atoms with Crippen LogP contribution < -0.4 is 0 Å². The summed E-state index contributed by atoms with van der Waals surface area (Å²) in [7, 11) is 0. The minimum Gasteiger partial charge on any atom is -0.299 e. The zero-order chi connectivity index (χ0) is 16.4. The number of halogens is 1. The molecule has 1 unspecified atom stereocenters. The van der Waals surface area contributed by atoms with Gasteiger partial charge in [0.2, 0.25) is 0 Å². The Morgan fingerprint density at radius 2 is 1.56 bits per heavy atom. The van der Waals surface area contributed by atoms with Crippen LogP contribution in [-0.4, -0.2) is 23.8 Å². The van der Waals surface area contributed by atoms with Gasteiger partial charge in [-0.2, -0.15) is 0 Å². The van der Waals surface area contributed by atoms with E-state index in [9.17, 15) is 4.79 Å². The fraction of sp³-hybridized carbons (Fsp3) is 0.409. The Bertz CT molecular complexity index is 707. The van der Waals surface area contributed by atoms with Crippen LogP contribution in [0.3, 0.4) is 0 Å². The van der Waals surface area contributed by atoms with Gasteiger partial charge in [-0.05, 0) is 55.8 Å². The van der Waals surface area contributed by atoms with E-state index < -0.39 is 0 Å². The third kappa shape index (κ3) is 3.96. The minimum atomic E-state index is 0. The highest BCUT2D eigenvalue weighted by Gasteiger charge is 2.34. The second kappa shape index (κ2) is 8.16. The Kier molecular flexibility index (Phi) is 5.93. The highest BCUT2D eigenvalue weighted by molar-refractivity contribution is 6.00. The molecule has 2 aliphatic rings. The maximum atomic E-state index is 12.9. The van der Waals surface area contributed by atoms with E-state index in [4.69, 9.17) is 0 Å². The summed E-state index contributed by atoms with van der Waals surface area (Å²) in [5, 5.41) is 0. The lowest BCUT2D eigenvalue weighted by Crippen LogP contribution is -2.39. The van der Waals surface area contributed by atoms with Gasteiger partial charge in [0.15, 0.2) is 5.78 Å². The van der Waals surface area contributed by atoms with Gasteiger partial charge >= 0.3 is 0 Å². The molecule has 4 rings (SSSR count). The highest BCUT2D eigenvalue weighted by Crippen LogP contribution is 2.35. The Morgan fingerprint density at radius 1 is 0.880 bits per heavy atom. The first-order chi connectivity index (χ1) is 11.8. The molecule has 2 nitrogen and oxygen atoms in total. The van der Waals surface area contributed by atoms with Gasteiger partial charge < -0.3 is 0 Å². The Balaban J connectivity index is 0.00000182. The number of carbonyl (C=O) groups excluding carboxylic acids is 1. The number of fused-ring (bicyclic) bond motifs is 1. The van der Waals surface area contributed by atoms with E-state index in [1.54, 1.807) is 0 Å². The first-order valence-electron chi connectivity index (χ1n) is 9.19. The quantitative estimate of drug-likeness (QED) is 0.790. The number of hydrogen-bond acceptors (Lipinski definition) is 2. The summed E-state index contributed by atoms with van der Waals surface area (Å²) in [5.74, 6) is 1.22. The normalized spacial score (nSPS) is 21.4. The molecule has 0 aromatic heterocycles. The van der Waals surface area contributed by atoms with Crippen LogP contribution in [0.25, 0.3) is 0 Å². The monoisotopic (exact) mass is 355 g/mol. The fourth-order valence-corrected chi connectivity index (χ4v) is 4.43. The summed E-state index contributed by atoms with van der Waals surface area (Å²) < 4.78 is 0. The average molecular weight is 356 g/mol. The van der Waals surface area contributed by atoms with Crippen LogP contribution in [0, 0.1) is 11.8 Å². The predicted molar refractivity (Wildman–Crippen MR) is 104 cm³/mol. The number of aryl methyl sites for hydroxylation is 1. The van der Waals surface area contributed by atoms with Crippen molar-refractivity contribution in [3.63, 3.8) is 0 Å². The number of nitrogens with zero attached hydrogens (tertiary/aromatic N) is 1. The maximum Gasteiger partial charge on any atom is 0.166 e. The van der Waals surface area contributed by atoms with Crippen molar-refractivity contribution < 1.29 is 4.79 Å². The average Bonchev–Trinajstić information content (AvgIpc) is 2.64. The molecule has 0 saturated carbocycles. The number of rotatable bonds is 3. The van der Waals surface area contributed by atoms with Crippen LogP contribution >= 0.6 is 12.4 Å². The van der Waals surface area contributed by atoms with Gasteiger partial charge in [-0.3, -0.25) is 9.69 Å². The van der Waals surface area contributed by atoms with Gasteiger partial charge in [-0.25, -0.2) is 0 Å². The molecule has 1 heterocycles. The summed E-state index contributed by atoms with van der Waals surface area (Å²) in [6, 6.07) is 18.9. The summed E-state index contributed by atoms with van der Waals surface area (Å²) in [6.07, 6.45) is 4.42. The van der Waals surface area contributed by atoms with Gasteiger partial charge in [0.1, 0.15) is 0 Å². The summed E-state index contributed by atoms with van der Waals surface area (Å²) >= 11 is 0. The lowest BCUT2D eigenvalue weighted by Gasteiger charge is -2.37. The van der Waals surface area contributed by atoms with Crippen molar-refractivity contribution in [2.45, 2.75) is 32.2 Å². The van der Waals surface area contributed by atoms with Crippen molar-refractivity contribution in [2.24, 2.45) is 11.8 Å². The van der Waals surface area contributed by atoms with Gasteiger partial charge in [0.05, 0.1) is 0 Å². The van der Waals surface area contributed by atoms with Crippen LogP contribution in [0.5, 0.6) is 0 Å². The number of hydrogen-bond donors (Lipinski definition) is 0. The SMILES string of the molecule is Cl.O=C1c2ccccc2CCC1C1CCN(Cc2ccccc2)CC1. The van der Waals surface area contributed by atoms with Crippen LogP contribution in [0.1, 0.15) is 40.7 Å². The van der Waals surface area contributed by atoms with Crippen molar-refractivity contribution in [1.82, 2.24) is 4.90 Å². The Hall–Kier alpha value is -1.64. The molecule has 1 atom stereocenters. The number of Topliss-reactive ketones (excluding diaryl/α,β-unsaturated/α-hetero) is 1. The van der Waals surface area contributed by atoms with Crippen LogP contribution in [0.4, 0.5) is 0 Å². The summed E-state index contributed by atoms with van der Waals surface area (Å²) in [6.45, 7) is 3.27. The van der Waals surface area contributed by atoms with E-state index in [2.05, 4.69) is 47.4 Å². The van der Waals surface area contributed by atoms with Gasteiger partial charge in [-0.1, -0.05) is 54.6 Å². The summed E-state index contributed by atoms with van der Waals surface area (Å²) in [4.78, 5) is 15.4. The Morgan fingerprint density at radius 3 is 2.32 bits per heavy atom. The summed E-state index contributed by atoms with van der Waals surface area (Å²) in [5.41, 5.74) is 3.62. The van der Waals surface area contributed by atoms with Gasteiger partial charge in [0.25, 0.3) is 0 Å². The molecule has 1 aliphatic carbocycles. The first kappa shape index (κ1) is 18.2. The number of piperidine rings is 1. The molecular weight excluding hydrogens is 330 g/mol. The van der Waals surface area contributed by atoms with Crippen molar-refractivity contribution >= 4 is 18.2 Å². The molecule has 1 aliphatic heterocycles. The second-order valence-electron chi connectivity index (χ2n) is 7.27. The molecule has 0 radical (unpaired) electrons. The molecule has 0 amide bonds. The number of carbonyl (C=O) groups is 1. The maximum absolute atomic E-state index is 12.9. The molecule has 25 heavy (non-hydrogen) atoms. The van der Waals surface area contributed by atoms with Crippen LogP contribution in [0.2, 0.25) is 0 Å². The van der Waals surface area contributed by atoms with E-state index >= 15 is 0 Å². The van der Waals surface area contributed by atoms with Gasteiger partial charge in [-0.15, -0.1) is 12.4 Å². The first-order valence-corrected chi connectivity index (χ1v) is 9.19. The lowest BCUT2D eigenvalue weighted by molar-refractivity contribution is 0.0761. The van der Waals surface area contributed by atoms with Crippen molar-refractivity contribution in [1.29, 1.82) is 0 Å². The fourth-order valence-electron chi connectivity index (χ4n) is 4.43. The largest absolute Gasteiger partial charge is 0.299 e. The van der Waals surface area contributed by atoms with E-state index in [0.717, 1.165) is 50.9 Å². The lowest BCUT2D eigenvalue weighted by atomic mass is 9.73. The zero-order valence-corrected chi connectivity index (χ0v) is 15.4. The highest BCUT2D eigenvalue weighted by atomic mass is 35.5. The number of ketones is 1.